The van der Waals surface area contributed by atoms with Crippen molar-refractivity contribution in [1.82, 2.24) is 5.32 Å². The normalized spacial score (nSPS) is 10.1. The van der Waals surface area contributed by atoms with Gasteiger partial charge in [0.1, 0.15) is 5.82 Å². The first-order valence-corrected chi connectivity index (χ1v) is 6.52. The highest BCUT2D eigenvalue weighted by Crippen LogP contribution is 2.18. The number of nitrogens with one attached hydrogen (secondary N) is 2. The van der Waals surface area contributed by atoms with Crippen molar-refractivity contribution in [3.8, 4) is 0 Å². The van der Waals surface area contributed by atoms with Crippen molar-refractivity contribution >= 4 is 23.2 Å². The number of rotatable bonds is 5. The van der Waals surface area contributed by atoms with E-state index in [4.69, 9.17) is 11.6 Å². The minimum atomic E-state index is -0.478. The molecule has 0 aliphatic rings. The topological polar surface area (TPSA) is 41.1 Å². The second kappa shape index (κ2) is 6.91. The molecule has 2 N–H and O–H groups in total. The Morgan fingerprint density at radius 1 is 1.15 bits per heavy atom. The third kappa shape index (κ3) is 4.24. The SMILES string of the molecule is O=C(CNc1ccc(Cl)cc1F)NCc1ccccc1. The molecule has 5 heteroatoms. The van der Waals surface area contributed by atoms with Crippen molar-refractivity contribution in [2.24, 2.45) is 0 Å². The monoisotopic (exact) mass is 292 g/mol. The van der Waals surface area contributed by atoms with Gasteiger partial charge < -0.3 is 10.6 Å². The van der Waals surface area contributed by atoms with Gasteiger partial charge in [0.15, 0.2) is 0 Å². The summed E-state index contributed by atoms with van der Waals surface area (Å²) in [5.41, 5.74) is 1.27. The standard InChI is InChI=1S/C15H14ClFN2O/c16-12-6-7-14(13(17)8-12)18-10-15(20)19-9-11-4-2-1-3-5-11/h1-8,18H,9-10H2,(H,19,20). The Balaban J connectivity index is 1.80. The van der Waals surface area contributed by atoms with Crippen molar-refractivity contribution < 1.29 is 9.18 Å². The van der Waals surface area contributed by atoms with E-state index in [1.54, 1.807) is 6.07 Å². The van der Waals surface area contributed by atoms with Crippen molar-refractivity contribution in [3.63, 3.8) is 0 Å². The summed E-state index contributed by atoms with van der Waals surface area (Å²) >= 11 is 5.65. The number of carbonyl (C=O) groups excluding carboxylic acids is 1. The van der Waals surface area contributed by atoms with Gasteiger partial charge in [0.05, 0.1) is 12.2 Å². The minimum Gasteiger partial charge on any atom is -0.374 e. The second-order valence-electron chi connectivity index (χ2n) is 4.24. The summed E-state index contributed by atoms with van der Waals surface area (Å²) in [6.07, 6.45) is 0. The lowest BCUT2D eigenvalue weighted by molar-refractivity contribution is -0.119. The molecule has 0 aromatic heterocycles. The lowest BCUT2D eigenvalue weighted by atomic mass is 10.2. The molecule has 20 heavy (non-hydrogen) atoms. The molecule has 0 spiro atoms. The molecule has 2 rings (SSSR count). The van der Waals surface area contributed by atoms with Gasteiger partial charge in [-0.1, -0.05) is 41.9 Å². The minimum absolute atomic E-state index is 0.00534. The quantitative estimate of drug-likeness (QED) is 0.888. The molecule has 2 aromatic carbocycles. The molecule has 0 unspecified atom stereocenters. The predicted octanol–water partition coefficient (Wildman–Crippen LogP) is 3.21. The Bertz CT molecular complexity index is 590. The van der Waals surface area contributed by atoms with Crippen LogP contribution in [0, 0.1) is 5.82 Å². The van der Waals surface area contributed by atoms with E-state index in [1.807, 2.05) is 30.3 Å². The Morgan fingerprint density at radius 3 is 2.60 bits per heavy atom. The van der Waals surface area contributed by atoms with E-state index < -0.39 is 5.82 Å². The van der Waals surface area contributed by atoms with Crippen LogP contribution in [0.3, 0.4) is 0 Å². The molecule has 0 radical (unpaired) electrons. The van der Waals surface area contributed by atoms with Gasteiger partial charge in [-0.3, -0.25) is 4.79 Å². The molecule has 3 nitrogen and oxygen atoms in total. The highest BCUT2D eigenvalue weighted by Gasteiger charge is 2.05. The van der Waals surface area contributed by atoms with Crippen LogP contribution in [0.25, 0.3) is 0 Å². The maximum atomic E-state index is 13.5. The molecule has 1 amide bonds. The summed E-state index contributed by atoms with van der Waals surface area (Å²) < 4.78 is 13.5. The summed E-state index contributed by atoms with van der Waals surface area (Å²) in [5.74, 6) is -0.684. The van der Waals surface area contributed by atoms with Crippen molar-refractivity contribution in [3.05, 3.63) is 64.9 Å². The molecule has 104 valence electrons. The van der Waals surface area contributed by atoms with Crippen LogP contribution in [0.5, 0.6) is 0 Å². The van der Waals surface area contributed by atoms with Gasteiger partial charge in [-0.2, -0.15) is 0 Å². The van der Waals surface area contributed by atoms with Crippen LogP contribution in [-0.4, -0.2) is 12.5 Å². The van der Waals surface area contributed by atoms with Crippen LogP contribution >= 0.6 is 11.6 Å². The summed E-state index contributed by atoms with van der Waals surface area (Å²) in [7, 11) is 0. The fraction of sp³-hybridized carbons (Fsp3) is 0.133. The first kappa shape index (κ1) is 14.3. The van der Waals surface area contributed by atoms with Gasteiger partial charge in [0.25, 0.3) is 0 Å². The Labute approximate surface area is 121 Å². The van der Waals surface area contributed by atoms with Gasteiger partial charge in [-0.15, -0.1) is 0 Å². The van der Waals surface area contributed by atoms with Gasteiger partial charge in [-0.25, -0.2) is 4.39 Å². The molecule has 0 heterocycles. The molecule has 0 aliphatic heterocycles. The first-order chi connectivity index (χ1) is 9.65. The fourth-order valence-corrected chi connectivity index (χ4v) is 1.83. The average Bonchev–Trinajstić information content (AvgIpc) is 2.45. The van der Waals surface area contributed by atoms with Crippen LogP contribution < -0.4 is 10.6 Å². The van der Waals surface area contributed by atoms with E-state index in [0.717, 1.165) is 5.56 Å². The zero-order chi connectivity index (χ0) is 14.4. The highest BCUT2D eigenvalue weighted by atomic mass is 35.5. The Morgan fingerprint density at radius 2 is 1.90 bits per heavy atom. The number of benzene rings is 2. The van der Waals surface area contributed by atoms with Crippen molar-refractivity contribution in [2.45, 2.75) is 6.54 Å². The van der Waals surface area contributed by atoms with Gasteiger partial charge >= 0.3 is 0 Å². The number of anilines is 1. The summed E-state index contributed by atoms with van der Waals surface area (Å²) in [5, 5.41) is 5.80. The number of amides is 1. The molecule has 0 saturated carbocycles. The van der Waals surface area contributed by atoms with Gasteiger partial charge in [0.2, 0.25) is 5.91 Å². The summed E-state index contributed by atoms with van der Waals surface area (Å²) in [4.78, 5) is 11.6. The Kier molecular flexibility index (Phi) is 4.96. The van der Waals surface area contributed by atoms with Crippen LogP contribution in [0.15, 0.2) is 48.5 Å². The van der Waals surface area contributed by atoms with Crippen LogP contribution in [0.2, 0.25) is 5.02 Å². The lowest BCUT2D eigenvalue weighted by Crippen LogP contribution is -2.29. The molecular weight excluding hydrogens is 279 g/mol. The fourth-order valence-electron chi connectivity index (χ4n) is 1.67. The van der Waals surface area contributed by atoms with E-state index in [1.165, 1.54) is 12.1 Å². The van der Waals surface area contributed by atoms with E-state index in [2.05, 4.69) is 10.6 Å². The average molecular weight is 293 g/mol. The molecule has 0 saturated heterocycles. The highest BCUT2D eigenvalue weighted by molar-refractivity contribution is 6.30. The van der Waals surface area contributed by atoms with E-state index in [9.17, 15) is 9.18 Å². The number of hydrogen-bond donors (Lipinski definition) is 2. The molecule has 2 aromatic rings. The molecule has 0 fully saturated rings. The summed E-state index contributed by atoms with van der Waals surface area (Å²) in [6, 6.07) is 13.8. The van der Waals surface area contributed by atoms with Crippen molar-refractivity contribution in [2.75, 3.05) is 11.9 Å². The van der Waals surface area contributed by atoms with Crippen LogP contribution in [-0.2, 0) is 11.3 Å². The molecular formula is C15H14ClFN2O. The third-order valence-electron chi connectivity index (χ3n) is 2.70. The second-order valence-corrected chi connectivity index (χ2v) is 4.68. The van der Waals surface area contributed by atoms with E-state index in [0.29, 0.717) is 11.6 Å². The van der Waals surface area contributed by atoms with E-state index >= 15 is 0 Å². The van der Waals surface area contributed by atoms with Crippen molar-refractivity contribution in [1.29, 1.82) is 0 Å². The zero-order valence-electron chi connectivity index (χ0n) is 10.7. The Hall–Kier alpha value is -2.07. The lowest BCUT2D eigenvalue weighted by Gasteiger charge is -2.08. The van der Waals surface area contributed by atoms with E-state index in [-0.39, 0.29) is 18.1 Å². The summed E-state index contributed by atoms with van der Waals surface area (Å²) in [6.45, 7) is 0.454. The zero-order valence-corrected chi connectivity index (χ0v) is 11.5. The predicted molar refractivity (Wildman–Crippen MR) is 78.2 cm³/mol. The molecule has 0 atom stereocenters. The largest absolute Gasteiger partial charge is 0.374 e. The molecule has 0 bridgehead atoms. The number of hydrogen-bond acceptors (Lipinski definition) is 2. The first-order valence-electron chi connectivity index (χ1n) is 6.15. The van der Waals surface area contributed by atoms with Crippen LogP contribution in [0.1, 0.15) is 5.56 Å². The smallest absolute Gasteiger partial charge is 0.239 e. The maximum absolute atomic E-state index is 13.5. The third-order valence-corrected chi connectivity index (χ3v) is 2.94. The van der Waals surface area contributed by atoms with Gasteiger partial charge in [0, 0.05) is 11.6 Å². The maximum Gasteiger partial charge on any atom is 0.239 e. The number of carbonyl (C=O) groups is 1. The molecule has 0 aliphatic carbocycles. The number of halogens is 2. The van der Waals surface area contributed by atoms with Gasteiger partial charge in [-0.05, 0) is 23.8 Å². The van der Waals surface area contributed by atoms with Crippen LogP contribution in [0.4, 0.5) is 10.1 Å².